The maximum Gasteiger partial charge on any atom is 0.146 e. The molecule has 1 aromatic rings. The predicted octanol–water partition coefficient (Wildman–Crippen LogP) is 2.94. The zero-order valence-electron chi connectivity index (χ0n) is 12.8. The molecule has 21 heavy (non-hydrogen) atoms. The topological polar surface area (TPSA) is 26.7 Å². The minimum absolute atomic E-state index is 0.220. The van der Waals surface area contributed by atoms with Gasteiger partial charge < -0.3 is 10.0 Å². The standard InChI is InChI=1S/C17H25FN2O/c1-13(21)14-6-7-17(16(18)12-14)20-10-8-19(9-11-20)15-4-2-3-5-15/h6-7,12-13,15,21H,2-5,8-11H2,1H3/t13-/m1/s1. The third kappa shape index (κ3) is 3.22. The molecule has 116 valence electrons. The molecule has 1 aromatic carbocycles. The number of aliphatic hydroxyl groups excluding tert-OH is 1. The third-order valence-corrected chi connectivity index (χ3v) is 4.95. The fourth-order valence-corrected chi connectivity index (χ4v) is 3.64. The molecule has 1 atom stereocenters. The van der Waals surface area contributed by atoms with Crippen LogP contribution in [0.1, 0.15) is 44.3 Å². The Hall–Kier alpha value is -1.13. The summed E-state index contributed by atoms with van der Waals surface area (Å²) in [7, 11) is 0. The highest BCUT2D eigenvalue weighted by Gasteiger charge is 2.27. The largest absolute Gasteiger partial charge is 0.389 e. The molecule has 3 rings (SSSR count). The van der Waals surface area contributed by atoms with Crippen molar-refractivity contribution in [3.63, 3.8) is 0 Å². The lowest BCUT2D eigenvalue weighted by Gasteiger charge is -2.39. The molecule has 4 heteroatoms. The van der Waals surface area contributed by atoms with Gasteiger partial charge in [0.1, 0.15) is 5.82 Å². The summed E-state index contributed by atoms with van der Waals surface area (Å²) in [4.78, 5) is 4.71. The number of benzene rings is 1. The van der Waals surface area contributed by atoms with Crippen LogP contribution in [0.15, 0.2) is 18.2 Å². The van der Waals surface area contributed by atoms with Crippen molar-refractivity contribution in [1.29, 1.82) is 0 Å². The molecule has 0 unspecified atom stereocenters. The van der Waals surface area contributed by atoms with Gasteiger partial charge in [-0.3, -0.25) is 4.90 Å². The van der Waals surface area contributed by atoms with E-state index in [2.05, 4.69) is 9.80 Å². The van der Waals surface area contributed by atoms with Crippen LogP contribution < -0.4 is 4.90 Å². The zero-order valence-corrected chi connectivity index (χ0v) is 12.8. The molecule has 2 fully saturated rings. The van der Waals surface area contributed by atoms with Gasteiger partial charge in [0.25, 0.3) is 0 Å². The van der Waals surface area contributed by atoms with E-state index >= 15 is 0 Å². The first kappa shape index (κ1) is 14.8. The lowest BCUT2D eigenvalue weighted by atomic mass is 10.1. The maximum absolute atomic E-state index is 14.2. The minimum Gasteiger partial charge on any atom is -0.389 e. The first-order valence-corrected chi connectivity index (χ1v) is 8.11. The Morgan fingerprint density at radius 1 is 1.14 bits per heavy atom. The Balaban J connectivity index is 1.63. The summed E-state index contributed by atoms with van der Waals surface area (Å²) in [6.07, 6.45) is 4.77. The van der Waals surface area contributed by atoms with Crippen LogP contribution in [-0.2, 0) is 0 Å². The molecule has 2 aliphatic rings. The average Bonchev–Trinajstić information content (AvgIpc) is 3.01. The van der Waals surface area contributed by atoms with E-state index in [1.165, 1.54) is 31.7 Å². The van der Waals surface area contributed by atoms with Gasteiger partial charge in [0, 0.05) is 32.2 Å². The number of anilines is 1. The van der Waals surface area contributed by atoms with Crippen LogP contribution >= 0.6 is 0 Å². The van der Waals surface area contributed by atoms with E-state index in [4.69, 9.17) is 0 Å². The van der Waals surface area contributed by atoms with Crippen molar-refractivity contribution in [3.05, 3.63) is 29.6 Å². The van der Waals surface area contributed by atoms with E-state index in [-0.39, 0.29) is 5.82 Å². The Morgan fingerprint density at radius 2 is 1.81 bits per heavy atom. The summed E-state index contributed by atoms with van der Waals surface area (Å²) in [5.41, 5.74) is 1.31. The van der Waals surface area contributed by atoms with E-state index in [9.17, 15) is 9.50 Å². The molecule has 1 aliphatic heterocycles. The molecule has 1 aliphatic carbocycles. The van der Waals surface area contributed by atoms with Crippen LogP contribution in [0.2, 0.25) is 0 Å². The molecule has 0 radical (unpaired) electrons. The highest BCUT2D eigenvalue weighted by molar-refractivity contribution is 5.50. The van der Waals surface area contributed by atoms with Gasteiger partial charge in [-0.05, 0) is 37.5 Å². The molecular formula is C17H25FN2O. The second kappa shape index (κ2) is 6.32. The molecule has 1 saturated heterocycles. The number of piperazine rings is 1. The first-order valence-electron chi connectivity index (χ1n) is 8.11. The number of rotatable bonds is 3. The number of nitrogens with zero attached hydrogens (tertiary/aromatic N) is 2. The van der Waals surface area contributed by atoms with Crippen molar-refractivity contribution in [2.24, 2.45) is 0 Å². The van der Waals surface area contributed by atoms with E-state index in [0.29, 0.717) is 11.3 Å². The molecular weight excluding hydrogens is 267 g/mol. The number of hydrogen-bond acceptors (Lipinski definition) is 3. The fraction of sp³-hybridized carbons (Fsp3) is 0.647. The number of halogens is 1. The molecule has 0 bridgehead atoms. The zero-order chi connectivity index (χ0) is 14.8. The normalized spacial score (nSPS) is 22.7. The number of aliphatic hydroxyl groups is 1. The van der Waals surface area contributed by atoms with Gasteiger partial charge in [0.05, 0.1) is 11.8 Å². The lowest BCUT2D eigenvalue weighted by molar-refractivity contribution is 0.187. The van der Waals surface area contributed by atoms with Crippen molar-refractivity contribution in [2.75, 3.05) is 31.1 Å². The van der Waals surface area contributed by atoms with Gasteiger partial charge in [0.15, 0.2) is 0 Å². The summed E-state index contributed by atoms with van der Waals surface area (Å²) in [5.74, 6) is -0.220. The van der Waals surface area contributed by atoms with Crippen LogP contribution in [0.5, 0.6) is 0 Å². The second-order valence-corrected chi connectivity index (χ2v) is 6.35. The lowest BCUT2D eigenvalue weighted by Crippen LogP contribution is -2.50. The molecule has 1 saturated carbocycles. The van der Waals surface area contributed by atoms with Gasteiger partial charge in [-0.1, -0.05) is 18.9 Å². The Bertz CT molecular complexity index is 478. The SMILES string of the molecule is C[C@@H](O)c1ccc(N2CCN(C3CCCC3)CC2)c(F)c1. The van der Waals surface area contributed by atoms with Gasteiger partial charge in [-0.25, -0.2) is 4.39 Å². The predicted molar refractivity (Wildman–Crippen MR) is 83.1 cm³/mol. The van der Waals surface area contributed by atoms with Crippen LogP contribution in [-0.4, -0.2) is 42.2 Å². The van der Waals surface area contributed by atoms with E-state index in [1.54, 1.807) is 6.92 Å². The highest BCUT2D eigenvalue weighted by atomic mass is 19.1. The van der Waals surface area contributed by atoms with Crippen LogP contribution in [0.3, 0.4) is 0 Å². The van der Waals surface area contributed by atoms with E-state index in [1.807, 2.05) is 12.1 Å². The van der Waals surface area contributed by atoms with E-state index < -0.39 is 6.10 Å². The average molecular weight is 292 g/mol. The van der Waals surface area contributed by atoms with Crippen molar-refractivity contribution in [1.82, 2.24) is 4.90 Å². The van der Waals surface area contributed by atoms with Gasteiger partial charge >= 0.3 is 0 Å². The summed E-state index contributed by atoms with van der Waals surface area (Å²) in [6, 6.07) is 5.85. The fourth-order valence-electron chi connectivity index (χ4n) is 3.64. The monoisotopic (exact) mass is 292 g/mol. The molecule has 3 nitrogen and oxygen atoms in total. The number of hydrogen-bond donors (Lipinski definition) is 1. The van der Waals surface area contributed by atoms with Crippen molar-refractivity contribution < 1.29 is 9.50 Å². The van der Waals surface area contributed by atoms with E-state index in [0.717, 1.165) is 32.2 Å². The van der Waals surface area contributed by atoms with Crippen molar-refractivity contribution in [2.45, 2.75) is 44.8 Å². The Morgan fingerprint density at radius 3 is 2.38 bits per heavy atom. The summed E-state index contributed by atoms with van der Waals surface area (Å²) in [6.45, 7) is 5.50. The molecule has 0 aromatic heterocycles. The second-order valence-electron chi connectivity index (χ2n) is 6.35. The molecule has 0 spiro atoms. The van der Waals surface area contributed by atoms with Gasteiger partial charge in [-0.15, -0.1) is 0 Å². The highest BCUT2D eigenvalue weighted by Crippen LogP contribution is 2.27. The van der Waals surface area contributed by atoms with Gasteiger partial charge in [-0.2, -0.15) is 0 Å². The Labute approximate surface area is 126 Å². The van der Waals surface area contributed by atoms with Crippen molar-refractivity contribution in [3.8, 4) is 0 Å². The summed E-state index contributed by atoms with van der Waals surface area (Å²) in [5, 5.41) is 9.52. The molecule has 0 amide bonds. The Kier molecular flexibility index (Phi) is 4.45. The first-order chi connectivity index (χ1) is 10.1. The van der Waals surface area contributed by atoms with Crippen LogP contribution in [0.4, 0.5) is 10.1 Å². The third-order valence-electron chi connectivity index (χ3n) is 4.95. The van der Waals surface area contributed by atoms with Crippen molar-refractivity contribution >= 4 is 5.69 Å². The minimum atomic E-state index is -0.618. The summed E-state index contributed by atoms with van der Waals surface area (Å²) < 4.78 is 14.2. The van der Waals surface area contributed by atoms with Gasteiger partial charge in [0.2, 0.25) is 0 Å². The summed E-state index contributed by atoms with van der Waals surface area (Å²) >= 11 is 0. The molecule has 1 N–H and O–H groups in total. The quantitative estimate of drug-likeness (QED) is 0.928. The molecule has 1 heterocycles. The van der Waals surface area contributed by atoms with Crippen LogP contribution in [0, 0.1) is 5.82 Å². The maximum atomic E-state index is 14.2. The van der Waals surface area contributed by atoms with Crippen LogP contribution in [0.25, 0.3) is 0 Å². The smallest absolute Gasteiger partial charge is 0.146 e.